The van der Waals surface area contributed by atoms with Gasteiger partial charge in [-0.2, -0.15) is 4.31 Å². The number of sulfonamides is 1. The minimum atomic E-state index is -3.77. The third-order valence-electron chi connectivity index (χ3n) is 5.53. The van der Waals surface area contributed by atoms with Crippen LogP contribution >= 0.6 is 0 Å². The van der Waals surface area contributed by atoms with Crippen molar-refractivity contribution in [3.05, 3.63) is 77.7 Å². The maximum Gasteiger partial charge on any atom is 0.340 e. The van der Waals surface area contributed by atoms with Gasteiger partial charge in [-0.1, -0.05) is 18.2 Å². The summed E-state index contributed by atoms with van der Waals surface area (Å²) in [6.07, 6.45) is 1.35. The number of hydrogen-bond acceptors (Lipinski definition) is 8. The fraction of sp³-hybridized carbons (Fsp3) is 0.240. The largest absolute Gasteiger partial charge is 0.459 e. The minimum Gasteiger partial charge on any atom is -0.459 e. The van der Waals surface area contributed by atoms with Crippen molar-refractivity contribution in [2.24, 2.45) is 0 Å². The Morgan fingerprint density at radius 1 is 1.00 bits per heavy atom. The Labute approximate surface area is 213 Å². The summed E-state index contributed by atoms with van der Waals surface area (Å²) in [5.41, 5.74) is 1.00. The second-order valence-electron chi connectivity index (χ2n) is 8.10. The number of carbonyl (C=O) groups is 3. The second-order valence-corrected chi connectivity index (χ2v) is 10.0. The average molecular weight is 528 g/mol. The van der Waals surface area contributed by atoms with Crippen LogP contribution in [-0.4, -0.2) is 63.4 Å². The maximum atomic E-state index is 13.1. The Hall–Kier alpha value is -4.00. The summed E-state index contributed by atoms with van der Waals surface area (Å²) in [7, 11) is -3.77. The number of esters is 1. The Kier molecular flexibility index (Phi) is 8.01. The van der Waals surface area contributed by atoms with Crippen LogP contribution in [0.15, 0.2) is 70.2 Å². The average Bonchev–Trinajstić information content (AvgIpc) is 3.44. The monoisotopic (exact) mass is 527 g/mol. The van der Waals surface area contributed by atoms with Crippen molar-refractivity contribution in [2.45, 2.75) is 11.8 Å². The molecular formula is C25H25N3O8S. The number of nitrogens with zero attached hydrogens (tertiary/aromatic N) is 1. The first-order chi connectivity index (χ1) is 17.8. The van der Waals surface area contributed by atoms with Crippen molar-refractivity contribution in [2.75, 3.05) is 43.5 Å². The molecule has 1 fully saturated rings. The zero-order valence-electron chi connectivity index (χ0n) is 19.9. The molecule has 2 heterocycles. The predicted molar refractivity (Wildman–Crippen MR) is 133 cm³/mol. The van der Waals surface area contributed by atoms with E-state index >= 15 is 0 Å². The first-order valence-electron chi connectivity index (χ1n) is 11.3. The number of rotatable bonds is 8. The van der Waals surface area contributed by atoms with Gasteiger partial charge in [0, 0.05) is 18.8 Å². The van der Waals surface area contributed by atoms with Gasteiger partial charge in [-0.05, 0) is 48.9 Å². The van der Waals surface area contributed by atoms with Crippen LogP contribution in [0, 0.1) is 6.92 Å². The highest BCUT2D eigenvalue weighted by atomic mass is 32.2. The molecule has 0 atom stereocenters. The van der Waals surface area contributed by atoms with Crippen molar-refractivity contribution in [3.8, 4) is 0 Å². The predicted octanol–water partition coefficient (Wildman–Crippen LogP) is 2.66. The zero-order chi connectivity index (χ0) is 26.4. The molecule has 0 spiro atoms. The number of morpholine rings is 1. The molecule has 0 radical (unpaired) electrons. The number of ether oxygens (including phenoxy) is 2. The lowest BCUT2D eigenvalue weighted by atomic mass is 10.1. The van der Waals surface area contributed by atoms with Crippen molar-refractivity contribution in [1.29, 1.82) is 0 Å². The molecule has 0 aliphatic carbocycles. The van der Waals surface area contributed by atoms with Gasteiger partial charge in [-0.25, -0.2) is 13.2 Å². The molecule has 1 aromatic heterocycles. The third-order valence-corrected chi connectivity index (χ3v) is 7.57. The molecule has 2 N–H and O–H groups in total. The molecule has 2 aromatic carbocycles. The van der Waals surface area contributed by atoms with E-state index < -0.39 is 34.4 Å². The van der Waals surface area contributed by atoms with Crippen LogP contribution < -0.4 is 10.6 Å². The van der Waals surface area contributed by atoms with Crippen LogP contribution in [0.3, 0.4) is 0 Å². The number of furan rings is 1. The first-order valence-corrected chi connectivity index (χ1v) is 12.8. The number of anilines is 2. The topological polar surface area (TPSA) is 144 Å². The summed E-state index contributed by atoms with van der Waals surface area (Å²) < 4.78 is 42.9. The minimum absolute atomic E-state index is 0.0458. The van der Waals surface area contributed by atoms with Crippen LogP contribution in [-0.2, 0) is 24.3 Å². The van der Waals surface area contributed by atoms with E-state index in [9.17, 15) is 22.8 Å². The fourth-order valence-corrected chi connectivity index (χ4v) is 5.31. The van der Waals surface area contributed by atoms with E-state index in [1.807, 2.05) is 0 Å². The number of aryl methyl sites for hydroxylation is 1. The molecule has 1 aliphatic heterocycles. The molecule has 12 heteroatoms. The summed E-state index contributed by atoms with van der Waals surface area (Å²) in [6, 6.07) is 13.7. The van der Waals surface area contributed by atoms with Crippen LogP contribution in [0.5, 0.6) is 0 Å². The molecule has 1 aliphatic rings. The van der Waals surface area contributed by atoms with Gasteiger partial charge in [0.05, 0.1) is 35.6 Å². The molecule has 0 saturated carbocycles. The molecular weight excluding hydrogens is 502 g/mol. The molecule has 11 nitrogen and oxygen atoms in total. The van der Waals surface area contributed by atoms with E-state index in [1.165, 1.54) is 34.8 Å². The number of carbonyl (C=O) groups excluding carboxylic acids is 3. The molecule has 194 valence electrons. The highest BCUT2D eigenvalue weighted by Crippen LogP contribution is 2.24. The van der Waals surface area contributed by atoms with Gasteiger partial charge in [0.1, 0.15) is 0 Å². The lowest BCUT2D eigenvalue weighted by Crippen LogP contribution is -2.40. The molecule has 2 amide bonds. The Morgan fingerprint density at radius 2 is 1.76 bits per heavy atom. The zero-order valence-corrected chi connectivity index (χ0v) is 20.7. The van der Waals surface area contributed by atoms with E-state index in [1.54, 1.807) is 37.3 Å². The number of nitrogens with one attached hydrogen (secondary N) is 2. The summed E-state index contributed by atoms with van der Waals surface area (Å²) >= 11 is 0. The van der Waals surface area contributed by atoms with Crippen LogP contribution in [0.1, 0.15) is 26.5 Å². The van der Waals surface area contributed by atoms with Gasteiger partial charge in [0.25, 0.3) is 11.8 Å². The third kappa shape index (κ3) is 6.23. The van der Waals surface area contributed by atoms with Crippen molar-refractivity contribution in [1.82, 2.24) is 4.31 Å². The van der Waals surface area contributed by atoms with Gasteiger partial charge in [0.15, 0.2) is 12.4 Å². The van der Waals surface area contributed by atoms with Crippen LogP contribution in [0.25, 0.3) is 0 Å². The van der Waals surface area contributed by atoms with Crippen LogP contribution in [0.4, 0.5) is 11.4 Å². The summed E-state index contributed by atoms with van der Waals surface area (Å²) in [6.45, 7) is 2.17. The molecule has 0 unspecified atom stereocenters. The maximum absolute atomic E-state index is 13.1. The van der Waals surface area contributed by atoms with Gasteiger partial charge in [0.2, 0.25) is 10.0 Å². The van der Waals surface area contributed by atoms with Crippen molar-refractivity contribution < 1.29 is 36.7 Å². The fourth-order valence-electron chi connectivity index (χ4n) is 3.65. The standard InChI is InChI=1S/C25H25N3O8S/c1-17-8-9-18(15-22(17)37(32,33)28-10-13-34-14-11-28)26-23(29)16-36-25(31)19-5-2-3-6-20(19)27-24(30)21-7-4-12-35-21/h2-9,12,15H,10-11,13-14,16H2,1H3,(H,26,29)(H,27,30). The Balaban J connectivity index is 1.39. The smallest absolute Gasteiger partial charge is 0.340 e. The highest BCUT2D eigenvalue weighted by molar-refractivity contribution is 7.89. The molecule has 3 aromatic rings. The van der Waals surface area contributed by atoms with E-state index in [-0.39, 0.29) is 40.7 Å². The normalized spacial score (nSPS) is 14.1. The summed E-state index contributed by atoms with van der Waals surface area (Å²) in [4.78, 5) is 37.4. The van der Waals surface area contributed by atoms with Gasteiger partial charge in [-0.3, -0.25) is 9.59 Å². The lowest BCUT2D eigenvalue weighted by Gasteiger charge is -2.26. The number of hydrogen-bond donors (Lipinski definition) is 2. The van der Waals surface area contributed by atoms with E-state index in [0.717, 1.165) is 0 Å². The van der Waals surface area contributed by atoms with Crippen molar-refractivity contribution >= 4 is 39.2 Å². The number of benzene rings is 2. The van der Waals surface area contributed by atoms with E-state index in [2.05, 4.69) is 10.6 Å². The first kappa shape index (κ1) is 26.1. The highest BCUT2D eigenvalue weighted by Gasteiger charge is 2.28. The SMILES string of the molecule is Cc1ccc(NC(=O)COC(=O)c2ccccc2NC(=O)c2ccco2)cc1S(=O)(=O)N1CCOCC1. The second kappa shape index (κ2) is 11.4. The van der Waals surface area contributed by atoms with Gasteiger partial charge < -0.3 is 24.5 Å². The Bertz CT molecular complexity index is 1400. The molecule has 37 heavy (non-hydrogen) atoms. The summed E-state index contributed by atoms with van der Waals surface area (Å²) in [5, 5.41) is 5.12. The quantitative estimate of drug-likeness (QED) is 0.426. The van der Waals surface area contributed by atoms with Crippen LogP contribution in [0.2, 0.25) is 0 Å². The van der Waals surface area contributed by atoms with E-state index in [0.29, 0.717) is 18.8 Å². The molecule has 1 saturated heterocycles. The molecule has 0 bridgehead atoms. The van der Waals surface area contributed by atoms with Gasteiger partial charge >= 0.3 is 5.97 Å². The number of amides is 2. The summed E-state index contributed by atoms with van der Waals surface area (Å²) in [5.74, 6) is -1.98. The van der Waals surface area contributed by atoms with Gasteiger partial charge in [-0.15, -0.1) is 0 Å². The Morgan fingerprint density at radius 3 is 2.49 bits per heavy atom. The number of para-hydroxylation sites is 1. The van der Waals surface area contributed by atoms with Crippen molar-refractivity contribution in [3.63, 3.8) is 0 Å². The van der Waals surface area contributed by atoms with E-state index in [4.69, 9.17) is 13.9 Å². The lowest BCUT2D eigenvalue weighted by molar-refractivity contribution is -0.119. The molecule has 4 rings (SSSR count).